The number of rotatable bonds is 7. The molecule has 3 aliphatic rings. The first kappa shape index (κ1) is 26.7. The fourth-order valence-electron chi connectivity index (χ4n) is 6.15. The van der Waals surface area contributed by atoms with Crippen LogP contribution in [0.15, 0.2) is 40.9 Å². The van der Waals surface area contributed by atoms with Crippen molar-refractivity contribution in [2.45, 2.75) is 75.4 Å². The van der Waals surface area contributed by atoms with Crippen molar-refractivity contribution in [1.29, 1.82) is 0 Å². The molecule has 6 rings (SSSR count). The number of alkyl halides is 3. The van der Waals surface area contributed by atoms with Gasteiger partial charge in [-0.25, -0.2) is 13.6 Å². The van der Waals surface area contributed by atoms with Gasteiger partial charge in [-0.05, 0) is 56.7 Å². The maximum absolute atomic E-state index is 15.0. The Hall–Kier alpha value is -3.47. The highest BCUT2D eigenvalue weighted by atomic mass is 19.4. The fraction of sp³-hybridized carbons (Fsp3) is 0.448. The van der Waals surface area contributed by atoms with Crippen molar-refractivity contribution in [1.82, 2.24) is 5.16 Å². The molecule has 0 radical (unpaired) electrons. The normalized spacial score (nSPS) is 22.6. The lowest BCUT2D eigenvalue weighted by Crippen LogP contribution is -2.46. The van der Waals surface area contributed by atoms with E-state index in [1.54, 1.807) is 4.90 Å². The lowest BCUT2D eigenvalue weighted by molar-refractivity contribution is -0.137. The Morgan fingerprint density at radius 1 is 1.05 bits per heavy atom. The molecule has 3 heterocycles. The Labute approximate surface area is 227 Å². The van der Waals surface area contributed by atoms with Gasteiger partial charge in [-0.2, -0.15) is 13.2 Å². The average molecular weight is 563 g/mol. The van der Waals surface area contributed by atoms with E-state index in [0.29, 0.717) is 37.0 Å². The number of anilines is 1. The summed E-state index contributed by atoms with van der Waals surface area (Å²) in [5, 5.41) is 4.05. The van der Waals surface area contributed by atoms with Gasteiger partial charge in [-0.1, -0.05) is 23.4 Å². The van der Waals surface area contributed by atoms with Crippen LogP contribution in [0.1, 0.15) is 71.7 Å². The third-order valence-electron chi connectivity index (χ3n) is 8.10. The van der Waals surface area contributed by atoms with Gasteiger partial charge in [0.15, 0.2) is 0 Å². The molecule has 3 fully saturated rings. The van der Waals surface area contributed by atoms with Crippen molar-refractivity contribution in [3.05, 3.63) is 70.5 Å². The topological polar surface area (TPSA) is 64.8 Å². The zero-order valence-corrected chi connectivity index (χ0v) is 21.6. The van der Waals surface area contributed by atoms with Crippen molar-refractivity contribution >= 4 is 11.7 Å². The van der Waals surface area contributed by atoms with E-state index in [1.165, 1.54) is 18.2 Å². The van der Waals surface area contributed by atoms with Crippen LogP contribution in [-0.4, -0.2) is 36.4 Å². The number of hydrogen-bond acceptors (Lipinski definition) is 6. The van der Waals surface area contributed by atoms with Crippen molar-refractivity contribution in [2.75, 3.05) is 12.0 Å². The number of aromatic nitrogens is 1. The Morgan fingerprint density at radius 2 is 1.70 bits per heavy atom. The number of methoxy groups -OCH3 is 1. The van der Waals surface area contributed by atoms with Gasteiger partial charge < -0.3 is 18.9 Å². The fourth-order valence-corrected chi connectivity index (χ4v) is 6.15. The van der Waals surface area contributed by atoms with E-state index < -0.39 is 29.3 Å². The van der Waals surface area contributed by atoms with Crippen LogP contribution in [0.3, 0.4) is 0 Å². The molecular weight excluding hydrogens is 535 g/mol. The molecule has 1 unspecified atom stereocenters. The highest BCUT2D eigenvalue weighted by molar-refractivity contribution is 5.90. The first-order valence-electron chi connectivity index (χ1n) is 13.3. The summed E-state index contributed by atoms with van der Waals surface area (Å²) >= 11 is 0. The van der Waals surface area contributed by atoms with Crippen LogP contribution in [0.25, 0.3) is 11.3 Å². The summed E-state index contributed by atoms with van der Waals surface area (Å²) in [6, 6.07) is 6.87. The van der Waals surface area contributed by atoms with Gasteiger partial charge >= 0.3 is 12.1 Å². The SMILES string of the molecule is COC(=O)c1cc(F)c(N2[C@@H]3CC[C@H]2CC(OCc2c(-c4ccccc4C(F)(F)F)noc2C2CC2)C3)c(F)c1. The number of benzene rings is 2. The molecule has 1 saturated carbocycles. The number of carbonyl (C=O) groups is 1. The van der Waals surface area contributed by atoms with E-state index in [-0.39, 0.29) is 53.2 Å². The van der Waals surface area contributed by atoms with Gasteiger partial charge in [-0.3, -0.25) is 0 Å². The maximum atomic E-state index is 15.0. The number of hydrogen-bond donors (Lipinski definition) is 0. The second-order valence-electron chi connectivity index (χ2n) is 10.7. The molecule has 2 bridgehead atoms. The lowest BCUT2D eigenvalue weighted by Gasteiger charge is -2.40. The van der Waals surface area contributed by atoms with Gasteiger partial charge in [-0.15, -0.1) is 0 Å². The zero-order chi connectivity index (χ0) is 28.2. The van der Waals surface area contributed by atoms with Crippen LogP contribution in [-0.2, 0) is 22.3 Å². The summed E-state index contributed by atoms with van der Waals surface area (Å²) < 4.78 is 87.7. The highest BCUT2D eigenvalue weighted by Gasteiger charge is 2.44. The lowest BCUT2D eigenvalue weighted by atomic mass is 9.97. The predicted octanol–water partition coefficient (Wildman–Crippen LogP) is 7.02. The van der Waals surface area contributed by atoms with Gasteiger partial charge in [0.1, 0.15) is 28.8 Å². The minimum Gasteiger partial charge on any atom is -0.465 e. The number of halogens is 5. The number of esters is 1. The van der Waals surface area contributed by atoms with Crippen LogP contribution in [0.4, 0.5) is 27.6 Å². The largest absolute Gasteiger partial charge is 0.465 e. The predicted molar refractivity (Wildman–Crippen MR) is 134 cm³/mol. The number of fused-ring (bicyclic) bond motifs is 2. The molecule has 40 heavy (non-hydrogen) atoms. The third kappa shape index (κ3) is 4.84. The molecule has 2 aliphatic heterocycles. The molecule has 1 aromatic heterocycles. The van der Waals surface area contributed by atoms with Gasteiger partial charge in [0.25, 0.3) is 0 Å². The monoisotopic (exact) mass is 562 g/mol. The molecule has 2 aromatic carbocycles. The average Bonchev–Trinajstić information content (AvgIpc) is 3.63. The summed E-state index contributed by atoms with van der Waals surface area (Å²) in [6.45, 7) is 0.0253. The summed E-state index contributed by atoms with van der Waals surface area (Å²) in [6.07, 6.45) is -0.659. The molecule has 6 nitrogen and oxygen atoms in total. The molecule has 3 atom stereocenters. The van der Waals surface area contributed by atoms with Crippen molar-refractivity contribution in [2.24, 2.45) is 0 Å². The summed E-state index contributed by atoms with van der Waals surface area (Å²) in [5.41, 5.74) is -0.565. The third-order valence-corrected chi connectivity index (χ3v) is 8.10. The summed E-state index contributed by atoms with van der Waals surface area (Å²) in [7, 11) is 1.14. The van der Waals surface area contributed by atoms with E-state index in [1.807, 2.05) is 0 Å². The second-order valence-corrected chi connectivity index (χ2v) is 10.7. The number of ether oxygens (including phenoxy) is 2. The molecule has 0 amide bonds. The minimum absolute atomic E-state index is 0.0253. The van der Waals surface area contributed by atoms with E-state index in [0.717, 1.165) is 38.2 Å². The number of piperidine rings is 1. The van der Waals surface area contributed by atoms with Crippen molar-refractivity contribution < 1.29 is 40.7 Å². The molecule has 3 aromatic rings. The van der Waals surface area contributed by atoms with Gasteiger partial charge in [0.2, 0.25) is 0 Å². The molecular formula is C29H27F5N2O4. The molecule has 0 N–H and O–H groups in total. The standard InChI is InChI=1S/C29H27F5N2O4/c1-38-28(37)16-10-23(30)26(24(31)11-16)36-17-8-9-18(36)13-19(12-17)39-14-21-25(35-40-27(21)15-6-7-15)20-4-2-3-5-22(20)29(32,33)34/h2-5,10-11,15,17-19H,6-9,12-14H2,1H3/t17-,18+,19?. The second kappa shape index (κ2) is 10.2. The van der Waals surface area contributed by atoms with Gasteiger partial charge in [0, 0.05) is 29.1 Å². The number of nitrogens with zero attached hydrogens (tertiary/aromatic N) is 2. The van der Waals surface area contributed by atoms with E-state index >= 15 is 8.78 Å². The van der Waals surface area contributed by atoms with Crippen LogP contribution in [0.5, 0.6) is 0 Å². The van der Waals surface area contributed by atoms with Crippen LogP contribution in [0, 0.1) is 11.6 Å². The maximum Gasteiger partial charge on any atom is 0.417 e. The zero-order valence-electron chi connectivity index (χ0n) is 21.6. The van der Waals surface area contributed by atoms with Crippen LogP contribution in [0.2, 0.25) is 0 Å². The quantitative estimate of drug-likeness (QED) is 0.228. The Bertz CT molecular complexity index is 1400. The minimum atomic E-state index is -4.56. The molecule has 212 valence electrons. The van der Waals surface area contributed by atoms with Crippen LogP contribution < -0.4 is 4.90 Å². The van der Waals surface area contributed by atoms with Crippen molar-refractivity contribution in [3.63, 3.8) is 0 Å². The summed E-state index contributed by atoms with van der Waals surface area (Å²) in [4.78, 5) is 13.5. The molecule has 11 heteroatoms. The first-order chi connectivity index (χ1) is 19.2. The van der Waals surface area contributed by atoms with Crippen LogP contribution >= 0.6 is 0 Å². The Morgan fingerprint density at radius 3 is 2.30 bits per heavy atom. The molecule has 1 aliphatic carbocycles. The van der Waals surface area contributed by atoms with Gasteiger partial charge in [0.05, 0.1) is 30.9 Å². The Balaban J connectivity index is 1.22. The summed E-state index contributed by atoms with van der Waals surface area (Å²) in [5.74, 6) is -1.82. The molecule has 2 saturated heterocycles. The number of carbonyl (C=O) groups excluding carboxylic acids is 1. The van der Waals surface area contributed by atoms with E-state index in [2.05, 4.69) is 9.89 Å². The molecule has 0 spiro atoms. The van der Waals surface area contributed by atoms with Crippen molar-refractivity contribution in [3.8, 4) is 11.3 Å². The first-order valence-corrected chi connectivity index (χ1v) is 13.3. The van der Waals surface area contributed by atoms with E-state index in [9.17, 15) is 18.0 Å². The smallest absolute Gasteiger partial charge is 0.417 e. The van der Waals surface area contributed by atoms with E-state index in [4.69, 9.17) is 9.26 Å². The highest BCUT2D eigenvalue weighted by Crippen LogP contribution is 2.47. The Kier molecular flexibility index (Phi) is 6.80.